The van der Waals surface area contributed by atoms with Crippen LogP contribution in [-0.4, -0.2) is 15.0 Å². The molecule has 0 spiro atoms. The maximum Gasteiger partial charge on any atom is 0.140 e. The number of nitrogens with two attached hydrogens (primary N) is 1. The van der Waals surface area contributed by atoms with Crippen molar-refractivity contribution < 1.29 is 0 Å². The molecule has 0 saturated carbocycles. The van der Waals surface area contributed by atoms with Crippen LogP contribution in [0, 0.1) is 0 Å². The van der Waals surface area contributed by atoms with Crippen molar-refractivity contribution in [2.45, 2.75) is 0 Å². The molecule has 4 rings (SSSR count). The van der Waals surface area contributed by atoms with Gasteiger partial charge in [-0.2, -0.15) is 0 Å². The molecule has 2 aromatic heterocycles. The highest BCUT2D eigenvalue weighted by Gasteiger charge is 2.11. The summed E-state index contributed by atoms with van der Waals surface area (Å²) in [4.78, 5) is 12.4. The smallest absolute Gasteiger partial charge is 0.140 e. The number of H-pyrrole nitrogens is 1. The van der Waals surface area contributed by atoms with E-state index in [4.69, 9.17) is 5.73 Å². The fourth-order valence-corrected chi connectivity index (χ4v) is 3.01. The van der Waals surface area contributed by atoms with Crippen LogP contribution in [0.2, 0.25) is 0 Å². The number of anilines is 1. The van der Waals surface area contributed by atoms with Gasteiger partial charge in [0.25, 0.3) is 0 Å². The molecule has 0 fully saturated rings. The molecule has 0 aliphatic heterocycles. The number of pyridine rings is 1. The summed E-state index contributed by atoms with van der Waals surface area (Å²) in [5.74, 6) is 0.777. The molecule has 102 valence electrons. The third-order valence-corrected chi connectivity index (χ3v) is 3.93. The zero-order chi connectivity index (χ0) is 14.4. The summed E-state index contributed by atoms with van der Waals surface area (Å²) in [5.41, 5.74) is 10.3. The average Bonchev–Trinajstić information content (AvgIpc) is 2.90. The Balaban J connectivity index is 2.03. The van der Waals surface area contributed by atoms with Gasteiger partial charge < -0.3 is 10.7 Å². The first-order chi connectivity index (χ1) is 10.2. The zero-order valence-electron chi connectivity index (χ0n) is 11.0. The van der Waals surface area contributed by atoms with Crippen LogP contribution in [0.5, 0.6) is 0 Å². The van der Waals surface area contributed by atoms with E-state index in [9.17, 15) is 0 Å². The number of nitrogens with zero attached hydrogens (tertiary/aromatic N) is 2. The van der Waals surface area contributed by atoms with Gasteiger partial charge in [0.1, 0.15) is 11.3 Å². The van der Waals surface area contributed by atoms with Gasteiger partial charge in [0.05, 0.1) is 16.7 Å². The Labute approximate surface area is 129 Å². The molecular weight excluding hydrogens is 328 g/mol. The quantitative estimate of drug-likeness (QED) is 0.513. The van der Waals surface area contributed by atoms with Crippen LogP contribution < -0.4 is 5.73 Å². The normalized spacial score (nSPS) is 11.3. The van der Waals surface area contributed by atoms with Gasteiger partial charge in [-0.05, 0) is 24.3 Å². The Morgan fingerprint density at radius 3 is 2.81 bits per heavy atom. The van der Waals surface area contributed by atoms with Crippen molar-refractivity contribution >= 4 is 43.6 Å². The Morgan fingerprint density at radius 1 is 1.05 bits per heavy atom. The fraction of sp³-hybridized carbons (Fsp3) is 0. The highest BCUT2D eigenvalue weighted by molar-refractivity contribution is 9.10. The van der Waals surface area contributed by atoms with E-state index in [0.717, 1.165) is 37.8 Å². The van der Waals surface area contributed by atoms with E-state index in [-0.39, 0.29) is 0 Å². The number of rotatable bonds is 1. The zero-order valence-corrected chi connectivity index (χ0v) is 12.6. The van der Waals surface area contributed by atoms with Crippen molar-refractivity contribution in [1.29, 1.82) is 0 Å². The van der Waals surface area contributed by atoms with Gasteiger partial charge in [-0.15, -0.1) is 0 Å². The van der Waals surface area contributed by atoms with Crippen LogP contribution in [0.3, 0.4) is 0 Å². The van der Waals surface area contributed by atoms with E-state index < -0.39 is 0 Å². The van der Waals surface area contributed by atoms with Crippen molar-refractivity contribution in [1.82, 2.24) is 15.0 Å². The van der Waals surface area contributed by atoms with Gasteiger partial charge >= 0.3 is 0 Å². The van der Waals surface area contributed by atoms with Crippen LogP contribution in [0.1, 0.15) is 0 Å². The van der Waals surface area contributed by atoms with E-state index >= 15 is 0 Å². The number of aromatic amines is 1. The number of hydrogen-bond donors (Lipinski definition) is 2. The molecule has 0 aliphatic rings. The summed E-state index contributed by atoms with van der Waals surface area (Å²) >= 11 is 3.45. The third kappa shape index (κ3) is 1.97. The number of nitrogens with one attached hydrogen (secondary N) is 1. The molecule has 0 bridgehead atoms. The number of para-hydroxylation sites is 1. The number of halogens is 1. The lowest BCUT2D eigenvalue weighted by Gasteiger charge is -2.01. The summed E-state index contributed by atoms with van der Waals surface area (Å²) in [7, 11) is 0. The minimum Gasteiger partial charge on any atom is -0.397 e. The summed E-state index contributed by atoms with van der Waals surface area (Å²) in [6.07, 6.45) is 1.79. The van der Waals surface area contributed by atoms with Gasteiger partial charge in [-0.25, -0.2) is 4.98 Å². The first kappa shape index (κ1) is 12.3. The van der Waals surface area contributed by atoms with Gasteiger partial charge in [0, 0.05) is 21.6 Å². The number of nitrogen functional groups attached to an aromatic ring is 1. The molecular formula is C16H11BrN4. The van der Waals surface area contributed by atoms with Gasteiger partial charge in [0.15, 0.2) is 0 Å². The van der Waals surface area contributed by atoms with Crippen LogP contribution >= 0.6 is 15.9 Å². The van der Waals surface area contributed by atoms with Crippen molar-refractivity contribution in [3.05, 3.63) is 53.1 Å². The van der Waals surface area contributed by atoms with E-state index in [1.165, 1.54) is 0 Å². The molecule has 0 radical (unpaired) electrons. The second kappa shape index (κ2) is 4.56. The lowest BCUT2D eigenvalue weighted by atomic mass is 10.1. The highest BCUT2D eigenvalue weighted by Crippen LogP contribution is 2.30. The Morgan fingerprint density at radius 2 is 1.90 bits per heavy atom. The molecule has 2 aromatic carbocycles. The van der Waals surface area contributed by atoms with Crippen LogP contribution in [0.15, 0.2) is 53.1 Å². The monoisotopic (exact) mass is 338 g/mol. The van der Waals surface area contributed by atoms with Crippen molar-refractivity contribution in [3.63, 3.8) is 0 Å². The summed E-state index contributed by atoms with van der Waals surface area (Å²) in [6.45, 7) is 0. The third-order valence-electron chi connectivity index (χ3n) is 3.47. The lowest BCUT2D eigenvalue weighted by Crippen LogP contribution is -1.87. The minimum absolute atomic E-state index is 0.648. The van der Waals surface area contributed by atoms with E-state index in [2.05, 4.69) is 30.9 Å². The Hall–Kier alpha value is -2.40. The number of benzene rings is 2. The molecule has 21 heavy (non-hydrogen) atoms. The Kier molecular flexibility index (Phi) is 2.68. The van der Waals surface area contributed by atoms with Crippen LogP contribution in [0.25, 0.3) is 33.3 Å². The lowest BCUT2D eigenvalue weighted by molar-refractivity contribution is 1.32. The molecule has 0 unspecified atom stereocenters. The molecule has 4 nitrogen and oxygen atoms in total. The largest absolute Gasteiger partial charge is 0.397 e. The molecule has 3 N–H and O–H groups in total. The molecule has 4 aromatic rings. The molecule has 0 atom stereocenters. The maximum atomic E-state index is 6.03. The number of fused-ring (bicyclic) bond motifs is 2. The standard InChI is InChI=1S/C16H11BrN4/c17-10-7-12(18)15-13(8-10)20-16(21-15)11-5-1-3-9-4-2-6-19-14(9)11/h1-8H,18H2,(H,20,21). The second-order valence-electron chi connectivity index (χ2n) is 4.86. The first-order valence-electron chi connectivity index (χ1n) is 6.51. The van der Waals surface area contributed by atoms with Gasteiger partial charge in [-0.1, -0.05) is 34.1 Å². The number of hydrogen-bond acceptors (Lipinski definition) is 3. The molecule has 0 amide bonds. The predicted molar refractivity (Wildman–Crippen MR) is 88.9 cm³/mol. The van der Waals surface area contributed by atoms with Crippen LogP contribution in [-0.2, 0) is 0 Å². The van der Waals surface area contributed by atoms with E-state index in [1.54, 1.807) is 6.20 Å². The fourth-order valence-electron chi connectivity index (χ4n) is 2.53. The van der Waals surface area contributed by atoms with Gasteiger partial charge in [0.2, 0.25) is 0 Å². The van der Waals surface area contributed by atoms with Crippen molar-refractivity contribution in [3.8, 4) is 11.4 Å². The molecule has 2 heterocycles. The summed E-state index contributed by atoms with van der Waals surface area (Å²) in [5, 5.41) is 1.09. The van der Waals surface area contributed by atoms with Crippen LogP contribution in [0.4, 0.5) is 5.69 Å². The topological polar surface area (TPSA) is 67.6 Å². The Bertz CT molecular complexity index is 969. The van der Waals surface area contributed by atoms with E-state index in [1.807, 2.05) is 42.5 Å². The SMILES string of the molecule is Nc1cc(Br)cc2[nH]c(-c3cccc4cccnc34)nc12. The number of imidazole rings is 1. The summed E-state index contributed by atoms with van der Waals surface area (Å²) < 4.78 is 0.929. The minimum atomic E-state index is 0.648. The second-order valence-corrected chi connectivity index (χ2v) is 5.77. The predicted octanol–water partition coefficient (Wildman–Crippen LogP) is 4.12. The first-order valence-corrected chi connectivity index (χ1v) is 7.30. The van der Waals surface area contributed by atoms with E-state index in [0.29, 0.717) is 5.69 Å². The van der Waals surface area contributed by atoms with Crippen molar-refractivity contribution in [2.75, 3.05) is 5.73 Å². The molecule has 0 aliphatic carbocycles. The maximum absolute atomic E-state index is 6.03. The molecule has 0 saturated heterocycles. The molecule has 5 heteroatoms. The average molecular weight is 339 g/mol. The summed E-state index contributed by atoms with van der Waals surface area (Å²) in [6, 6.07) is 13.9. The number of aromatic nitrogens is 3. The van der Waals surface area contributed by atoms with Gasteiger partial charge in [-0.3, -0.25) is 4.98 Å². The van der Waals surface area contributed by atoms with Crippen molar-refractivity contribution in [2.24, 2.45) is 0 Å². The highest BCUT2D eigenvalue weighted by atomic mass is 79.9.